The van der Waals surface area contributed by atoms with Gasteiger partial charge in [0, 0.05) is 11.5 Å². The molecular formula is C9H6N2O4. The number of methoxy groups -OCH3 is 1. The minimum Gasteiger partial charge on any atom is -0.463 e. The van der Waals surface area contributed by atoms with Crippen molar-refractivity contribution in [2.45, 2.75) is 0 Å². The van der Waals surface area contributed by atoms with Crippen molar-refractivity contribution in [3.05, 3.63) is 29.0 Å². The average Bonchev–Trinajstić information content (AvgIpc) is 2.70. The monoisotopic (exact) mass is 206 g/mol. The fraction of sp³-hybridized carbons (Fsp3) is 0.111. The van der Waals surface area contributed by atoms with Crippen LogP contribution in [0.2, 0.25) is 0 Å². The molecular weight excluding hydrogens is 200 g/mol. The van der Waals surface area contributed by atoms with Gasteiger partial charge in [0.1, 0.15) is 5.69 Å². The third-order valence-corrected chi connectivity index (χ3v) is 1.85. The Hall–Kier alpha value is -2.24. The predicted molar refractivity (Wildman–Crippen MR) is 50.8 cm³/mol. The Balaban J connectivity index is 2.55. The van der Waals surface area contributed by atoms with Gasteiger partial charge in [-0.2, -0.15) is 0 Å². The lowest BCUT2D eigenvalue weighted by Gasteiger charge is -1.90. The van der Waals surface area contributed by atoms with Crippen LogP contribution in [-0.2, 0) is 4.74 Å². The van der Waals surface area contributed by atoms with Gasteiger partial charge in [0.15, 0.2) is 0 Å². The van der Waals surface area contributed by atoms with Crippen molar-refractivity contribution in [3.63, 3.8) is 0 Å². The largest absolute Gasteiger partial charge is 0.463 e. The molecule has 2 aromatic rings. The van der Waals surface area contributed by atoms with E-state index in [0.717, 1.165) is 0 Å². The number of hydrogen-bond donors (Lipinski definition) is 0. The van der Waals surface area contributed by atoms with Gasteiger partial charge < -0.3 is 9.15 Å². The third kappa shape index (κ3) is 1.56. The van der Waals surface area contributed by atoms with Crippen molar-refractivity contribution >= 4 is 22.8 Å². The van der Waals surface area contributed by atoms with Crippen LogP contribution < -0.4 is 0 Å². The number of nitroso groups, excluding NO2 is 1. The van der Waals surface area contributed by atoms with Gasteiger partial charge >= 0.3 is 5.97 Å². The van der Waals surface area contributed by atoms with Crippen LogP contribution in [0.1, 0.15) is 10.6 Å². The summed E-state index contributed by atoms with van der Waals surface area (Å²) in [7, 11) is 1.25. The molecule has 0 atom stereocenters. The summed E-state index contributed by atoms with van der Waals surface area (Å²) in [6, 6.07) is 2.92. The molecule has 2 rings (SSSR count). The molecule has 2 heterocycles. The van der Waals surface area contributed by atoms with Gasteiger partial charge in [-0.3, -0.25) is 0 Å². The van der Waals surface area contributed by atoms with Crippen molar-refractivity contribution in [2.24, 2.45) is 5.18 Å². The van der Waals surface area contributed by atoms with Crippen molar-refractivity contribution < 1.29 is 13.9 Å². The molecule has 6 heteroatoms. The number of nitrogens with zero attached hydrogens (tertiary/aromatic N) is 2. The molecule has 0 radical (unpaired) electrons. The molecule has 76 valence electrons. The molecule has 0 saturated heterocycles. The van der Waals surface area contributed by atoms with E-state index in [2.05, 4.69) is 14.9 Å². The summed E-state index contributed by atoms with van der Waals surface area (Å²) < 4.78 is 9.57. The fourth-order valence-electron chi connectivity index (χ4n) is 1.17. The van der Waals surface area contributed by atoms with E-state index < -0.39 is 5.97 Å². The Bertz CT molecular complexity index is 532. The third-order valence-electron chi connectivity index (χ3n) is 1.85. The lowest BCUT2D eigenvalue weighted by Crippen LogP contribution is -1.97. The maximum absolute atomic E-state index is 11.1. The summed E-state index contributed by atoms with van der Waals surface area (Å²) in [6.45, 7) is 0. The first-order chi connectivity index (χ1) is 7.24. The number of hydrogen-bond acceptors (Lipinski definition) is 6. The Morgan fingerprint density at radius 2 is 2.33 bits per heavy atom. The highest BCUT2D eigenvalue weighted by molar-refractivity contribution is 5.92. The second kappa shape index (κ2) is 3.49. The van der Waals surface area contributed by atoms with Gasteiger partial charge in [-0.05, 0) is 11.2 Å². The predicted octanol–water partition coefficient (Wildman–Crippen LogP) is 2.01. The van der Waals surface area contributed by atoms with Crippen LogP contribution in [0, 0.1) is 4.91 Å². The van der Waals surface area contributed by atoms with Crippen molar-refractivity contribution in [1.82, 2.24) is 4.98 Å². The molecule has 15 heavy (non-hydrogen) atoms. The van der Waals surface area contributed by atoms with Crippen LogP contribution in [-0.4, -0.2) is 18.1 Å². The van der Waals surface area contributed by atoms with Crippen LogP contribution in [0.4, 0.5) is 5.69 Å². The Kier molecular flexibility index (Phi) is 2.17. The van der Waals surface area contributed by atoms with E-state index in [1.54, 1.807) is 0 Å². The zero-order valence-electron chi connectivity index (χ0n) is 7.76. The normalized spacial score (nSPS) is 10.2. The molecule has 0 unspecified atom stereocenters. The van der Waals surface area contributed by atoms with Crippen molar-refractivity contribution in [2.75, 3.05) is 7.11 Å². The molecule has 0 bridgehead atoms. The highest BCUT2D eigenvalue weighted by Crippen LogP contribution is 2.22. The summed E-state index contributed by atoms with van der Waals surface area (Å²) in [5.41, 5.74) is 0.447. The zero-order valence-corrected chi connectivity index (χ0v) is 7.76. The van der Waals surface area contributed by atoms with E-state index in [1.165, 1.54) is 25.4 Å². The minimum atomic E-state index is -0.589. The van der Waals surface area contributed by atoms with Gasteiger partial charge in [-0.25, -0.2) is 9.78 Å². The molecule has 0 spiro atoms. The summed E-state index contributed by atoms with van der Waals surface area (Å²) in [5.74, 6) is -0.545. The van der Waals surface area contributed by atoms with Gasteiger partial charge in [0.25, 0.3) is 0 Å². The van der Waals surface area contributed by atoms with Gasteiger partial charge in [-0.1, -0.05) is 0 Å². The van der Waals surface area contributed by atoms with E-state index in [1.807, 2.05) is 0 Å². The van der Waals surface area contributed by atoms with Gasteiger partial charge in [0.2, 0.25) is 11.5 Å². The summed E-state index contributed by atoms with van der Waals surface area (Å²) in [6.07, 6.45) is 1.26. The summed E-state index contributed by atoms with van der Waals surface area (Å²) >= 11 is 0. The molecule has 6 nitrogen and oxygen atoms in total. The standard InChI is InChI=1S/C9H6N2O4/c1-14-9(12)7-3-5-2-6(11-13)4-10-8(5)15-7/h2-4H,1H3. The van der Waals surface area contributed by atoms with Crippen LogP contribution in [0.5, 0.6) is 0 Å². The van der Waals surface area contributed by atoms with E-state index >= 15 is 0 Å². The SMILES string of the molecule is COC(=O)c1cc2cc(N=O)cnc2o1. The van der Waals surface area contributed by atoms with E-state index in [4.69, 9.17) is 4.42 Å². The molecule has 0 amide bonds. The second-order valence-electron chi connectivity index (χ2n) is 2.78. The molecule has 0 N–H and O–H groups in total. The lowest BCUT2D eigenvalue weighted by molar-refractivity contribution is 0.0567. The van der Waals surface area contributed by atoms with Crippen molar-refractivity contribution in [1.29, 1.82) is 0 Å². The van der Waals surface area contributed by atoms with Crippen LogP contribution >= 0.6 is 0 Å². The molecule has 0 aliphatic carbocycles. The smallest absolute Gasteiger partial charge is 0.374 e. The Morgan fingerprint density at radius 1 is 1.53 bits per heavy atom. The van der Waals surface area contributed by atoms with E-state index in [9.17, 15) is 9.70 Å². The maximum atomic E-state index is 11.1. The lowest BCUT2D eigenvalue weighted by atomic mass is 10.3. The fourth-order valence-corrected chi connectivity index (χ4v) is 1.17. The molecule has 0 aliphatic heterocycles. The van der Waals surface area contributed by atoms with Crippen molar-refractivity contribution in [3.8, 4) is 0 Å². The van der Waals surface area contributed by atoms with Gasteiger partial charge in [0.05, 0.1) is 13.3 Å². The summed E-state index contributed by atoms with van der Waals surface area (Å²) in [5, 5.41) is 3.26. The number of furan rings is 1. The number of fused-ring (bicyclic) bond motifs is 1. The highest BCUT2D eigenvalue weighted by atomic mass is 16.5. The Morgan fingerprint density at radius 3 is 3.00 bits per heavy atom. The van der Waals surface area contributed by atoms with Gasteiger partial charge in [-0.15, -0.1) is 4.91 Å². The van der Waals surface area contributed by atoms with Crippen LogP contribution in [0.3, 0.4) is 0 Å². The number of esters is 1. The number of carbonyl (C=O) groups is 1. The number of pyridine rings is 1. The summed E-state index contributed by atoms with van der Waals surface area (Å²) in [4.78, 5) is 25.2. The zero-order chi connectivity index (χ0) is 10.8. The first kappa shape index (κ1) is 9.32. The number of ether oxygens (including phenoxy) is 1. The first-order valence-electron chi connectivity index (χ1n) is 4.06. The van der Waals surface area contributed by atoms with E-state index in [0.29, 0.717) is 5.39 Å². The topological polar surface area (TPSA) is 81.8 Å². The Labute approximate surface area is 83.8 Å². The molecule has 0 aliphatic rings. The molecule has 0 fully saturated rings. The average molecular weight is 206 g/mol. The first-order valence-corrected chi connectivity index (χ1v) is 4.06. The van der Waals surface area contributed by atoms with Crippen LogP contribution in [0.25, 0.3) is 11.1 Å². The highest BCUT2D eigenvalue weighted by Gasteiger charge is 2.13. The second-order valence-corrected chi connectivity index (χ2v) is 2.78. The molecule has 0 aromatic carbocycles. The minimum absolute atomic E-state index is 0.0445. The quantitative estimate of drug-likeness (QED) is 0.554. The molecule has 2 aromatic heterocycles. The van der Waals surface area contributed by atoms with Crippen LogP contribution in [0.15, 0.2) is 27.9 Å². The number of rotatable bonds is 2. The maximum Gasteiger partial charge on any atom is 0.374 e. The number of aromatic nitrogens is 1. The van der Waals surface area contributed by atoms with E-state index in [-0.39, 0.29) is 17.2 Å². The molecule has 0 saturated carbocycles. The number of carbonyl (C=O) groups excluding carboxylic acids is 1.